The first-order chi connectivity index (χ1) is 8.17. The highest BCUT2D eigenvalue weighted by atomic mass is 16.5. The maximum atomic E-state index is 11.1. The van der Waals surface area contributed by atoms with Gasteiger partial charge in [-0.1, -0.05) is 6.92 Å². The first-order valence-corrected chi connectivity index (χ1v) is 6.78. The van der Waals surface area contributed by atoms with Crippen LogP contribution in [0.25, 0.3) is 0 Å². The first kappa shape index (κ1) is 12.8. The van der Waals surface area contributed by atoms with Crippen LogP contribution in [0.3, 0.4) is 0 Å². The van der Waals surface area contributed by atoms with Crippen LogP contribution >= 0.6 is 0 Å². The van der Waals surface area contributed by atoms with E-state index in [2.05, 4.69) is 4.90 Å². The number of nitrogens with zero attached hydrogens (tertiary/aromatic N) is 1. The lowest BCUT2D eigenvalue weighted by Crippen LogP contribution is -2.52. The molecule has 1 N–H and O–H groups in total. The van der Waals surface area contributed by atoms with E-state index in [0.29, 0.717) is 6.42 Å². The van der Waals surface area contributed by atoms with Gasteiger partial charge in [-0.05, 0) is 38.5 Å². The second kappa shape index (κ2) is 5.36. The number of carboxylic acids is 1. The zero-order chi connectivity index (χ0) is 12.3. The molecule has 0 amide bonds. The zero-order valence-electron chi connectivity index (χ0n) is 10.7. The molecule has 4 nitrogen and oxygen atoms in total. The van der Waals surface area contributed by atoms with Gasteiger partial charge in [0.15, 0.2) is 0 Å². The van der Waals surface area contributed by atoms with Crippen molar-refractivity contribution >= 4 is 5.97 Å². The Morgan fingerprint density at radius 1 is 1.35 bits per heavy atom. The van der Waals surface area contributed by atoms with Gasteiger partial charge in [0, 0.05) is 19.7 Å². The minimum Gasteiger partial charge on any atom is -0.480 e. The smallest absolute Gasteiger partial charge is 0.320 e. The van der Waals surface area contributed by atoms with Gasteiger partial charge >= 0.3 is 5.97 Å². The van der Waals surface area contributed by atoms with Crippen LogP contribution in [0.15, 0.2) is 0 Å². The number of hydrogen-bond acceptors (Lipinski definition) is 3. The van der Waals surface area contributed by atoms with E-state index >= 15 is 0 Å². The van der Waals surface area contributed by atoms with Gasteiger partial charge in [-0.3, -0.25) is 9.69 Å². The Balaban J connectivity index is 1.90. The molecule has 4 heteroatoms. The van der Waals surface area contributed by atoms with Crippen molar-refractivity contribution in [2.45, 2.75) is 57.1 Å². The van der Waals surface area contributed by atoms with Gasteiger partial charge < -0.3 is 9.84 Å². The van der Waals surface area contributed by atoms with Gasteiger partial charge in [0.05, 0.1) is 5.60 Å². The predicted octanol–water partition coefficient (Wildman–Crippen LogP) is 1.88. The van der Waals surface area contributed by atoms with Crippen molar-refractivity contribution in [3.8, 4) is 0 Å². The molecule has 2 rings (SSSR count). The van der Waals surface area contributed by atoms with E-state index in [1.165, 1.54) is 12.8 Å². The van der Waals surface area contributed by atoms with Crippen molar-refractivity contribution in [3.63, 3.8) is 0 Å². The number of ether oxygens (including phenoxy) is 1. The van der Waals surface area contributed by atoms with Crippen molar-refractivity contribution in [1.82, 2.24) is 4.90 Å². The van der Waals surface area contributed by atoms with Gasteiger partial charge in [0.1, 0.15) is 6.04 Å². The topological polar surface area (TPSA) is 49.8 Å². The number of aliphatic carboxylic acids is 1. The third-order valence-electron chi connectivity index (χ3n) is 4.26. The molecular weight excluding hydrogens is 218 g/mol. The fourth-order valence-electron chi connectivity index (χ4n) is 3.14. The van der Waals surface area contributed by atoms with Crippen LogP contribution in [0.1, 0.15) is 45.4 Å². The van der Waals surface area contributed by atoms with Crippen LogP contribution in [0, 0.1) is 0 Å². The molecule has 2 fully saturated rings. The van der Waals surface area contributed by atoms with Gasteiger partial charge in [0.25, 0.3) is 0 Å². The molecule has 2 heterocycles. The van der Waals surface area contributed by atoms with Gasteiger partial charge in [-0.2, -0.15) is 0 Å². The molecule has 0 aromatic heterocycles. The number of likely N-dealkylation sites (tertiary alicyclic amines) is 1. The molecule has 2 aliphatic heterocycles. The molecule has 1 atom stereocenters. The van der Waals surface area contributed by atoms with E-state index in [4.69, 9.17) is 9.84 Å². The first-order valence-electron chi connectivity index (χ1n) is 6.78. The highest BCUT2D eigenvalue weighted by Gasteiger charge is 2.39. The van der Waals surface area contributed by atoms with Crippen molar-refractivity contribution in [2.75, 3.05) is 19.7 Å². The minimum absolute atomic E-state index is 0.0749. The molecule has 0 unspecified atom stereocenters. The number of rotatable bonds is 3. The molecule has 0 aromatic carbocycles. The Kier molecular flexibility index (Phi) is 4.05. The van der Waals surface area contributed by atoms with Crippen molar-refractivity contribution in [2.24, 2.45) is 0 Å². The monoisotopic (exact) mass is 241 g/mol. The Morgan fingerprint density at radius 2 is 2.06 bits per heavy atom. The van der Waals surface area contributed by atoms with Crippen LogP contribution in [-0.4, -0.2) is 47.3 Å². The zero-order valence-corrected chi connectivity index (χ0v) is 10.7. The molecular formula is C13H23NO3. The molecule has 1 spiro atoms. The summed E-state index contributed by atoms with van der Waals surface area (Å²) in [5, 5.41) is 9.15. The summed E-state index contributed by atoms with van der Waals surface area (Å²) in [4.78, 5) is 13.2. The molecule has 0 bridgehead atoms. The maximum Gasteiger partial charge on any atom is 0.320 e. The number of carbonyl (C=O) groups is 1. The lowest BCUT2D eigenvalue weighted by atomic mass is 9.84. The van der Waals surface area contributed by atoms with E-state index in [-0.39, 0.29) is 11.6 Å². The average molecular weight is 241 g/mol. The highest BCUT2D eigenvalue weighted by molar-refractivity contribution is 5.73. The summed E-state index contributed by atoms with van der Waals surface area (Å²) in [7, 11) is 0. The largest absolute Gasteiger partial charge is 0.480 e. The van der Waals surface area contributed by atoms with Crippen LogP contribution in [-0.2, 0) is 9.53 Å². The molecule has 0 aliphatic carbocycles. The third kappa shape index (κ3) is 2.80. The molecule has 0 aromatic rings. The summed E-state index contributed by atoms with van der Waals surface area (Å²) in [6.45, 7) is 4.56. The van der Waals surface area contributed by atoms with Crippen LogP contribution in [0.5, 0.6) is 0 Å². The Hall–Kier alpha value is -0.610. The lowest BCUT2D eigenvalue weighted by Gasteiger charge is -2.45. The molecule has 0 radical (unpaired) electrons. The van der Waals surface area contributed by atoms with Gasteiger partial charge in [0.2, 0.25) is 0 Å². The SMILES string of the molecule is CC[C@H](C(=O)O)N1CCC2(CCCCO2)CC1. The second-order valence-corrected chi connectivity index (χ2v) is 5.29. The Bertz CT molecular complexity index is 264. The maximum absolute atomic E-state index is 11.1. The molecule has 2 aliphatic rings. The van der Waals surface area contributed by atoms with Crippen LogP contribution in [0.4, 0.5) is 0 Å². The Labute approximate surface area is 103 Å². The fourth-order valence-corrected chi connectivity index (χ4v) is 3.14. The molecule has 98 valence electrons. The fraction of sp³-hybridized carbons (Fsp3) is 0.923. The summed E-state index contributed by atoms with van der Waals surface area (Å²) >= 11 is 0. The van der Waals surface area contributed by atoms with Crippen molar-refractivity contribution in [3.05, 3.63) is 0 Å². The quantitative estimate of drug-likeness (QED) is 0.819. The van der Waals surface area contributed by atoms with E-state index in [1.54, 1.807) is 0 Å². The van der Waals surface area contributed by atoms with Crippen molar-refractivity contribution in [1.29, 1.82) is 0 Å². The van der Waals surface area contributed by atoms with E-state index in [9.17, 15) is 4.79 Å². The Morgan fingerprint density at radius 3 is 2.53 bits per heavy atom. The lowest BCUT2D eigenvalue weighted by molar-refractivity contribution is -0.149. The summed E-state index contributed by atoms with van der Waals surface area (Å²) < 4.78 is 5.95. The second-order valence-electron chi connectivity index (χ2n) is 5.29. The van der Waals surface area contributed by atoms with Crippen LogP contribution in [0.2, 0.25) is 0 Å². The minimum atomic E-state index is -0.687. The van der Waals surface area contributed by atoms with Crippen molar-refractivity contribution < 1.29 is 14.6 Å². The predicted molar refractivity (Wildman–Crippen MR) is 65.1 cm³/mol. The summed E-state index contributed by atoms with van der Waals surface area (Å²) in [5.74, 6) is -0.687. The van der Waals surface area contributed by atoms with Crippen LogP contribution < -0.4 is 0 Å². The summed E-state index contributed by atoms with van der Waals surface area (Å²) in [6.07, 6.45) is 6.27. The van der Waals surface area contributed by atoms with E-state index in [1.807, 2.05) is 6.92 Å². The van der Waals surface area contributed by atoms with Gasteiger partial charge in [-0.25, -0.2) is 0 Å². The van der Waals surface area contributed by atoms with E-state index < -0.39 is 5.97 Å². The van der Waals surface area contributed by atoms with E-state index in [0.717, 1.165) is 39.0 Å². The highest BCUT2D eigenvalue weighted by Crippen LogP contribution is 2.35. The normalized spacial score (nSPS) is 26.9. The third-order valence-corrected chi connectivity index (χ3v) is 4.26. The number of hydrogen-bond donors (Lipinski definition) is 1. The average Bonchev–Trinajstić information content (AvgIpc) is 2.33. The van der Waals surface area contributed by atoms with Gasteiger partial charge in [-0.15, -0.1) is 0 Å². The number of piperidine rings is 1. The standard InChI is InChI=1S/C13H23NO3/c1-2-11(12(15)16)14-8-6-13(7-9-14)5-3-4-10-17-13/h11H,2-10H2,1H3,(H,15,16)/t11-/m1/s1. The summed E-state index contributed by atoms with van der Waals surface area (Å²) in [6, 6.07) is -0.309. The molecule has 17 heavy (non-hydrogen) atoms. The number of carboxylic acid groups (broad SMARTS) is 1. The molecule has 0 saturated carbocycles. The summed E-state index contributed by atoms with van der Waals surface area (Å²) in [5.41, 5.74) is 0.0749. The molecule has 2 saturated heterocycles.